The number of hydrogen-bond donors (Lipinski definition) is 1. The fourth-order valence-corrected chi connectivity index (χ4v) is 6.52. The Kier molecular flexibility index (Phi) is 40.2. The topological polar surface area (TPSA) is 112 Å². The van der Waals surface area contributed by atoms with Crippen LogP contribution in [0.4, 0.5) is 0 Å². The summed E-state index contributed by atoms with van der Waals surface area (Å²) < 4.78 is 33.5. The van der Waals surface area contributed by atoms with E-state index in [-0.39, 0.29) is 32.0 Å². The van der Waals surface area contributed by atoms with Crippen LogP contribution in [0, 0.1) is 0 Å². The first-order valence-electron chi connectivity index (χ1n) is 22.6. The standard InChI is InChI=1S/C47H84NO8P/c1-5-7-9-11-13-15-17-19-21-22-23-24-26-28-30-32-34-36-38-40-47(50)56-45(44-55-57(51,52)54-42-41-48(3)4)43-53-46(49)39-37-35-33-31-29-27-25-20-18-16-14-12-10-8-6-2/h13,15-16,18-19,21,23-24,28,30,45H,5-12,14,17,20,22,25-27,29,31-44H2,1-4H3,(H,51,52)/b15-13-,18-16-,21-19-,24-23-,30-28-. The van der Waals surface area contributed by atoms with Crippen molar-refractivity contribution in [1.82, 2.24) is 4.90 Å². The van der Waals surface area contributed by atoms with Crippen LogP contribution in [0.1, 0.15) is 181 Å². The van der Waals surface area contributed by atoms with Gasteiger partial charge >= 0.3 is 19.8 Å². The molecule has 0 aliphatic rings. The van der Waals surface area contributed by atoms with Crippen molar-refractivity contribution < 1.29 is 37.6 Å². The van der Waals surface area contributed by atoms with Gasteiger partial charge in [0.1, 0.15) is 6.61 Å². The summed E-state index contributed by atoms with van der Waals surface area (Å²) in [5.74, 6) is -0.846. The summed E-state index contributed by atoms with van der Waals surface area (Å²) in [6, 6.07) is 0. The molecule has 0 saturated heterocycles. The van der Waals surface area contributed by atoms with Gasteiger partial charge in [0.2, 0.25) is 0 Å². The third kappa shape index (κ3) is 43.1. The average Bonchev–Trinajstić information content (AvgIpc) is 3.18. The Labute approximate surface area is 349 Å². The van der Waals surface area contributed by atoms with Crippen LogP contribution in [0.15, 0.2) is 60.8 Å². The maximum absolute atomic E-state index is 12.7. The highest BCUT2D eigenvalue weighted by molar-refractivity contribution is 7.47. The third-order valence-corrected chi connectivity index (χ3v) is 10.3. The van der Waals surface area contributed by atoms with Gasteiger partial charge in [-0.05, 0) is 97.6 Å². The Hall–Kier alpha value is -2.29. The molecule has 0 radical (unpaired) electrons. The highest BCUT2D eigenvalue weighted by Gasteiger charge is 2.26. The Morgan fingerprint density at radius 2 is 0.947 bits per heavy atom. The van der Waals surface area contributed by atoms with Gasteiger partial charge in [0, 0.05) is 19.4 Å². The number of ether oxygens (including phenoxy) is 2. The fraction of sp³-hybridized carbons (Fsp3) is 0.745. The minimum absolute atomic E-state index is 0.00211. The molecule has 0 rings (SSSR count). The van der Waals surface area contributed by atoms with Gasteiger partial charge in [-0.3, -0.25) is 18.6 Å². The second-order valence-corrected chi connectivity index (χ2v) is 16.7. The van der Waals surface area contributed by atoms with E-state index < -0.39 is 26.5 Å². The van der Waals surface area contributed by atoms with E-state index in [1.807, 2.05) is 19.0 Å². The van der Waals surface area contributed by atoms with E-state index in [1.54, 1.807) is 0 Å². The highest BCUT2D eigenvalue weighted by Crippen LogP contribution is 2.43. The number of hydrogen-bond acceptors (Lipinski definition) is 8. The lowest BCUT2D eigenvalue weighted by molar-refractivity contribution is -0.161. The van der Waals surface area contributed by atoms with Gasteiger partial charge in [0.05, 0.1) is 13.2 Å². The first-order valence-corrected chi connectivity index (χ1v) is 24.1. The molecule has 2 atom stereocenters. The van der Waals surface area contributed by atoms with Gasteiger partial charge in [-0.25, -0.2) is 4.57 Å². The molecule has 2 unspecified atom stereocenters. The van der Waals surface area contributed by atoms with Crippen molar-refractivity contribution in [3.05, 3.63) is 60.8 Å². The molecular weight excluding hydrogens is 737 g/mol. The molecule has 0 aliphatic carbocycles. The molecule has 0 aromatic carbocycles. The minimum atomic E-state index is -4.37. The van der Waals surface area contributed by atoms with Crippen LogP contribution in [0.3, 0.4) is 0 Å². The van der Waals surface area contributed by atoms with Crippen molar-refractivity contribution in [2.24, 2.45) is 0 Å². The summed E-state index contributed by atoms with van der Waals surface area (Å²) in [5.41, 5.74) is 0. The predicted molar refractivity (Wildman–Crippen MR) is 238 cm³/mol. The molecule has 0 bridgehead atoms. The van der Waals surface area contributed by atoms with Crippen LogP contribution in [0.5, 0.6) is 0 Å². The molecule has 10 heteroatoms. The quantitative estimate of drug-likeness (QED) is 0.0279. The van der Waals surface area contributed by atoms with E-state index >= 15 is 0 Å². The zero-order valence-corrected chi connectivity index (χ0v) is 37.7. The highest BCUT2D eigenvalue weighted by atomic mass is 31.2. The van der Waals surface area contributed by atoms with Crippen LogP contribution in [0.2, 0.25) is 0 Å². The van der Waals surface area contributed by atoms with Crippen LogP contribution in [-0.2, 0) is 32.7 Å². The zero-order valence-electron chi connectivity index (χ0n) is 36.8. The van der Waals surface area contributed by atoms with E-state index in [0.29, 0.717) is 13.0 Å². The minimum Gasteiger partial charge on any atom is -0.462 e. The first-order chi connectivity index (χ1) is 27.7. The number of esters is 2. The number of rotatable bonds is 41. The van der Waals surface area contributed by atoms with Crippen LogP contribution in [-0.4, -0.2) is 68.3 Å². The van der Waals surface area contributed by atoms with E-state index in [9.17, 15) is 19.0 Å². The van der Waals surface area contributed by atoms with Crippen molar-refractivity contribution in [3.63, 3.8) is 0 Å². The van der Waals surface area contributed by atoms with E-state index in [1.165, 1.54) is 77.0 Å². The number of unbranched alkanes of at least 4 members (excludes halogenated alkanes) is 17. The molecule has 0 aromatic rings. The number of likely N-dealkylation sites (N-methyl/N-ethyl adjacent to an activating group) is 1. The Balaban J connectivity index is 4.36. The number of carbonyl (C=O) groups is 2. The molecule has 330 valence electrons. The van der Waals surface area contributed by atoms with Gasteiger partial charge < -0.3 is 19.3 Å². The van der Waals surface area contributed by atoms with Gasteiger partial charge in [0.25, 0.3) is 0 Å². The fourth-order valence-electron chi connectivity index (χ4n) is 5.78. The molecule has 1 N–H and O–H groups in total. The van der Waals surface area contributed by atoms with Gasteiger partial charge in [-0.1, -0.05) is 145 Å². The van der Waals surface area contributed by atoms with Gasteiger partial charge in [-0.15, -0.1) is 0 Å². The molecule has 0 amide bonds. The van der Waals surface area contributed by atoms with E-state index in [4.69, 9.17) is 18.5 Å². The summed E-state index contributed by atoms with van der Waals surface area (Å²) in [4.78, 5) is 37.0. The normalized spacial score (nSPS) is 13.9. The monoisotopic (exact) mass is 822 g/mol. The van der Waals surface area contributed by atoms with Crippen LogP contribution in [0.25, 0.3) is 0 Å². The average molecular weight is 822 g/mol. The number of carbonyl (C=O) groups excluding carboxylic acids is 2. The van der Waals surface area contributed by atoms with E-state index in [2.05, 4.69) is 74.6 Å². The van der Waals surface area contributed by atoms with Crippen molar-refractivity contribution in [2.75, 3.05) is 40.5 Å². The maximum atomic E-state index is 12.7. The Morgan fingerprint density at radius 3 is 1.47 bits per heavy atom. The van der Waals surface area contributed by atoms with Crippen LogP contribution < -0.4 is 0 Å². The van der Waals surface area contributed by atoms with E-state index in [0.717, 1.165) is 70.6 Å². The largest absolute Gasteiger partial charge is 0.472 e. The predicted octanol–water partition coefficient (Wildman–Crippen LogP) is 13.1. The SMILES string of the molecule is CCCCC/C=C\C/C=C\C/C=C\C/C=C\CCCCCC(=O)OC(COC(=O)CCCCCCCCC/C=C\CCCCCC)COP(=O)(O)OCCN(C)C. The Bertz CT molecular complexity index is 1130. The molecule has 0 aromatic heterocycles. The molecule has 0 aliphatic heterocycles. The third-order valence-electron chi connectivity index (χ3n) is 9.30. The van der Waals surface area contributed by atoms with Crippen molar-refractivity contribution in [1.29, 1.82) is 0 Å². The van der Waals surface area contributed by atoms with Crippen LogP contribution >= 0.6 is 7.82 Å². The Morgan fingerprint density at radius 1 is 0.544 bits per heavy atom. The summed E-state index contributed by atoms with van der Waals surface area (Å²) in [5, 5.41) is 0. The number of phosphoric ester groups is 1. The number of allylic oxidation sites excluding steroid dienone is 10. The molecule has 0 heterocycles. The number of phosphoric acid groups is 1. The molecule has 9 nitrogen and oxygen atoms in total. The zero-order chi connectivity index (χ0) is 41.9. The molecular formula is C47H84NO8P. The summed E-state index contributed by atoms with van der Waals surface area (Å²) in [6.45, 7) is 4.23. The summed E-state index contributed by atoms with van der Waals surface area (Å²) in [7, 11) is -0.736. The molecule has 0 saturated carbocycles. The summed E-state index contributed by atoms with van der Waals surface area (Å²) in [6.07, 6.45) is 48.3. The lowest BCUT2D eigenvalue weighted by Gasteiger charge is -2.20. The lowest BCUT2D eigenvalue weighted by atomic mass is 10.1. The molecule has 0 fully saturated rings. The number of nitrogens with zero attached hydrogens (tertiary/aromatic N) is 1. The van der Waals surface area contributed by atoms with Crippen molar-refractivity contribution in [2.45, 2.75) is 187 Å². The van der Waals surface area contributed by atoms with Gasteiger partial charge in [0.15, 0.2) is 6.10 Å². The maximum Gasteiger partial charge on any atom is 0.472 e. The van der Waals surface area contributed by atoms with Gasteiger partial charge in [-0.2, -0.15) is 0 Å². The second kappa shape index (κ2) is 41.9. The second-order valence-electron chi connectivity index (χ2n) is 15.2. The molecule has 57 heavy (non-hydrogen) atoms. The summed E-state index contributed by atoms with van der Waals surface area (Å²) >= 11 is 0. The van der Waals surface area contributed by atoms with Crippen molar-refractivity contribution >= 4 is 19.8 Å². The first kappa shape index (κ1) is 54.7. The lowest BCUT2D eigenvalue weighted by Crippen LogP contribution is -2.29. The molecule has 0 spiro atoms. The van der Waals surface area contributed by atoms with Crippen molar-refractivity contribution in [3.8, 4) is 0 Å². The smallest absolute Gasteiger partial charge is 0.462 e.